The van der Waals surface area contributed by atoms with E-state index in [4.69, 9.17) is 89.0 Å². The smallest absolute Gasteiger partial charge is 0.490 e. The molecule has 6 N–H and O–H groups in total. The number of ether oxygens (including phenoxy) is 6. The Morgan fingerprint density at radius 1 is 0.600 bits per heavy atom. The van der Waals surface area contributed by atoms with Crippen LogP contribution in [0.15, 0.2) is 92.3 Å². The van der Waals surface area contributed by atoms with Crippen molar-refractivity contribution in [2.45, 2.75) is 118 Å². The Morgan fingerprint density at radius 3 is 1.35 bits per heavy atom. The number of amides is 2. The van der Waals surface area contributed by atoms with Gasteiger partial charge in [-0.2, -0.15) is 0 Å². The first-order chi connectivity index (χ1) is 46.7. The summed E-state index contributed by atoms with van der Waals surface area (Å²) in [5, 5.41) is 20.9. The van der Waals surface area contributed by atoms with Gasteiger partial charge in [-0.25, -0.2) is 62.7 Å². The summed E-state index contributed by atoms with van der Waals surface area (Å²) in [6, 6.07) is 10.9. The van der Waals surface area contributed by atoms with Crippen molar-refractivity contribution < 1.29 is 73.3 Å². The van der Waals surface area contributed by atoms with Gasteiger partial charge in [0.1, 0.15) is 49.3 Å². The number of sulfonamides is 3. The first kappa shape index (κ1) is 78.3. The van der Waals surface area contributed by atoms with Crippen molar-refractivity contribution in [3.8, 4) is 26.6 Å². The van der Waals surface area contributed by atoms with Crippen molar-refractivity contribution in [3.63, 3.8) is 0 Å². The SMILES string of the molecule is CN1C(NC(=O)OC(C)(C)C)=N[C@@]2(c3sc(Br)cc3Cl)CCOCC2S1(=O)=O.COc1cncc(B(O)O)c1.Cc1cncc(-c2cc(Cl)c([C@]34CCOCC3S(=O)(=O)N(C)C(N)=N4)s2)c1.Cc1cncc(-c2cc(Cl)c([C@]34CCOCC3S(=O)(=O)N(C)C(NC(=O)OC(C)(C)C)=N4)s2)c1. The largest absolute Gasteiger partial charge is 0.495 e. The topological polar surface area (TPSA) is 368 Å². The predicted molar refractivity (Wildman–Crippen MR) is 390 cm³/mol. The Labute approximate surface area is 616 Å². The second-order valence-electron chi connectivity index (χ2n) is 25.7. The molecule has 2 amide bonds. The number of aromatic nitrogens is 3. The number of carbonyl (C=O) groups excluding carboxylic acids is 2. The number of guanidine groups is 3. The van der Waals surface area contributed by atoms with Gasteiger partial charge in [0, 0.05) is 118 Å². The fourth-order valence-electron chi connectivity index (χ4n) is 11.5. The van der Waals surface area contributed by atoms with E-state index in [0.29, 0.717) is 73.6 Å². The molecule has 0 radical (unpaired) electrons. The summed E-state index contributed by atoms with van der Waals surface area (Å²) in [6.45, 7) is 15.2. The maximum Gasteiger partial charge on any atom is 0.490 e. The van der Waals surface area contributed by atoms with Crippen LogP contribution in [0, 0.1) is 13.8 Å². The molecule has 3 fully saturated rings. The minimum atomic E-state index is -3.94. The molecule has 12 rings (SSSR count). The van der Waals surface area contributed by atoms with E-state index in [1.807, 2.05) is 32.0 Å². The number of hydrogen-bond acceptors (Lipinski definition) is 26. The second kappa shape index (κ2) is 30.5. The molecule has 0 aliphatic carbocycles. The highest BCUT2D eigenvalue weighted by Gasteiger charge is 2.60. The van der Waals surface area contributed by atoms with Crippen LogP contribution in [0.4, 0.5) is 9.59 Å². The molecule has 3 unspecified atom stereocenters. The van der Waals surface area contributed by atoms with Crippen LogP contribution in [0.1, 0.15) is 86.6 Å². The second-order valence-corrected chi connectivity index (χ2v) is 37.9. The normalized spacial score (nSPS) is 24.2. The van der Waals surface area contributed by atoms with Crippen LogP contribution in [0.3, 0.4) is 0 Å². The molecule has 3 saturated heterocycles. The van der Waals surface area contributed by atoms with Crippen molar-refractivity contribution in [2.24, 2.45) is 20.7 Å². The number of pyridine rings is 3. The maximum atomic E-state index is 13.6. The highest BCUT2D eigenvalue weighted by atomic mass is 79.9. The van der Waals surface area contributed by atoms with Gasteiger partial charge in [-0.15, -0.1) is 34.0 Å². The number of thiophene rings is 3. The molecule has 6 aliphatic heterocycles. The quantitative estimate of drug-likeness (QED) is 0.0937. The van der Waals surface area contributed by atoms with Crippen LogP contribution in [0.2, 0.25) is 15.1 Å². The summed E-state index contributed by atoms with van der Waals surface area (Å²) in [5.41, 5.74) is 5.24. The molecular weight excluding hydrogens is 1550 g/mol. The zero-order chi connectivity index (χ0) is 73.5. The minimum Gasteiger partial charge on any atom is -0.495 e. The molecule has 0 spiro atoms. The van der Waals surface area contributed by atoms with E-state index in [1.165, 1.54) is 80.7 Å². The Balaban J connectivity index is 0.000000163. The molecule has 6 aromatic rings. The van der Waals surface area contributed by atoms with Crippen molar-refractivity contribution in [1.29, 1.82) is 0 Å². The van der Waals surface area contributed by atoms with Gasteiger partial charge < -0.3 is 44.2 Å². The highest BCUT2D eigenvalue weighted by molar-refractivity contribution is 9.11. The standard InChI is InChI=1S/C22H27ClN4O5S2.C17H19ClN4O3S2.C16H21BrClN3O5S2.C6H8BNO3/c1-13-8-14(11-24-10-13)16-9-15(23)18(33-16)22-6-7-31-12-17(22)34(29,30)27(5)19(26-22)25-20(28)32-21(2,3)4;1-10-5-11(8-20-7-10)13-6-12(18)15(26-13)17-3-4-25-9-14(17)27(23,24)22(2)16(19)21-17;1-15(2,3)26-14(22)19-13-20-16(12-9(18)7-11(17)27-12)5-6-25-8-10(16)28(23,24)21(13)4;1-11-6-2-5(7(9)10)3-8-4-6/h8-11,17H,6-7,12H2,1-5H3,(H,25,26,28);5-8,14H,3-4,9H2,1-2H3,(H2,19,21);7,10H,5-6,8H2,1-4H3,(H,19,20,22);2-4,9-10H,1H3/t17?,22-;14?,17-;10?,16-;/m000./s1. The summed E-state index contributed by atoms with van der Waals surface area (Å²) < 4.78 is 115. The summed E-state index contributed by atoms with van der Waals surface area (Å²) in [7, 11) is -7.42. The van der Waals surface area contributed by atoms with Gasteiger partial charge in [0.25, 0.3) is 0 Å². The molecule has 542 valence electrons. The summed E-state index contributed by atoms with van der Waals surface area (Å²) in [6.07, 6.45) is 9.33. The van der Waals surface area contributed by atoms with Crippen LogP contribution < -0.4 is 26.6 Å². The van der Waals surface area contributed by atoms with Gasteiger partial charge in [-0.05, 0) is 119 Å². The van der Waals surface area contributed by atoms with Crippen LogP contribution >= 0.6 is 84.7 Å². The third-order valence-corrected chi connectivity index (χ3v) is 28.7. The number of fused-ring (bicyclic) bond motifs is 3. The summed E-state index contributed by atoms with van der Waals surface area (Å²) >= 11 is 27.2. The van der Waals surface area contributed by atoms with Crippen molar-refractivity contribution in [1.82, 2.24) is 38.5 Å². The molecule has 0 bridgehead atoms. The lowest BCUT2D eigenvalue weighted by atomic mass is 9.82. The number of aryl methyl sites for hydroxylation is 2. The fraction of sp³-hybridized carbons (Fsp3) is 0.475. The number of nitrogens with zero attached hydrogens (tertiary/aromatic N) is 9. The number of hydrogen-bond donors (Lipinski definition) is 5. The Morgan fingerprint density at radius 2 is 0.980 bits per heavy atom. The first-order valence-electron chi connectivity index (χ1n) is 30.6. The number of rotatable bonds is 7. The average molecular weight is 1620 g/mol. The summed E-state index contributed by atoms with van der Waals surface area (Å²) in [4.78, 5) is 54.8. The minimum absolute atomic E-state index is 0.0122. The first-order valence-corrected chi connectivity index (χ1v) is 39.5. The van der Waals surface area contributed by atoms with Gasteiger partial charge in [-0.3, -0.25) is 25.6 Å². The average Bonchev–Trinajstić information content (AvgIpc) is 1.16. The third-order valence-electron chi connectivity index (χ3n) is 16.4. The third kappa shape index (κ3) is 16.5. The molecular formula is C61H75BBrCl3N12O16S6. The molecule has 39 heteroatoms. The maximum absolute atomic E-state index is 13.6. The molecule has 12 heterocycles. The van der Waals surface area contributed by atoms with E-state index in [0.717, 1.165) is 48.7 Å². The highest BCUT2D eigenvalue weighted by Crippen LogP contribution is 2.54. The number of halogens is 4. The van der Waals surface area contributed by atoms with Crippen LogP contribution in [0.5, 0.6) is 5.75 Å². The molecule has 0 saturated carbocycles. The monoisotopic (exact) mass is 1620 g/mol. The van der Waals surface area contributed by atoms with Gasteiger partial charge in [0.05, 0.1) is 66.6 Å². The Hall–Kier alpha value is -5.84. The molecule has 28 nitrogen and oxygen atoms in total. The van der Waals surface area contributed by atoms with E-state index < -0.39 is 92.9 Å². The zero-order valence-electron chi connectivity index (χ0n) is 56.3. The number of methoxy groups -OCH3 is 1. The van der Waals surface area contributed by atoms with Crippen LogP contribution in [0.25, 0.3) is 20.9 Å². The zero-order valence-corrected chi connectivity index (χ0v) is 65.0. The van der Waals surface area contributed by atoms with Gasteiger partial charge in [0.2, 0.25) is 47.9 Å². The van der Waals surface area contributed by atoms with Crippen LogP contribution in [-0.4, -0.2) is 195 Å². The molecule has 6 aromatic heterocycles. The van der Waals surface area contributed by atoms with Crippen molar-refractivity contribution in [3.05, 3.63) is 118 Å². The number of nitrogens with two attached hydrogens (primary N) is 1. The lowest BCUT2D eigenvalue weighted by molar-refractivity contribution is 0.0506. The van der Waals surface area contributed by atoms with E-state index in [2.05, 4.69) is 46.5 Å². The number of carbonyl (C=O) groups is 2. The Bertz CT molecular complexity index is 4520. The predicted octanol–water partition coefficient (Wildman–Crippen LogP) is 8.33. The van der Waals surface area contributed by atoms with Crippen molar-refractivity contribution in [2.75, 3.05) is 67.9 Å². The van der Waals surface area contributed by atoms with E-state index in [9.17, 15) is 34.8 Å². The molecule has 0 aromatic carbocycles. The van der Waals surface area contributed by atoms with E-state index >= 15 is 0 Å². The molecule has 6 atom stereocenters. The molecule has 100 heavy (non-hydrogen) atoms. The van der Waals surface area contributed by atoms with E-state index in [-0.39, 0.29) is 44.1 Å². The van der Waals surface area contributed by atoms with Crippen LogP contribution in [-0.2, 0) is 70.4 Å². The van der Waals surface area contributed by atoms with Gasteiger partial charge in [0.15, 0.2) is 0 Å². The Kier molecular flexibility index (Phi) is 23.9. The lowest BCUT2D eigenvalue weighted by Gasteiger charge is -2.45. The van der Waals surface area contributed by atoms with Gasteiger partial charge in [-0.1, -0.05) is 34.8 Å². The van der Waals surface area contributed by atoms with Gasteiger partial charge >= 0.3 is 19.3 Å². The number of aliphatic imine (C=N–C) groups is 3. The van der Waals surface area contributed by atoms with Crippen molar-refractivity contribution >= 4 is 157 Å². The fourth-order valence-corrected chi connectivity index (χ4v) is 22.7. The number of alkyl carbamates (subject to hydrolysis) is 2. The molecule has 6 aliphatic rings. The lowest BCUT2D eigenvalue weighted by Crippen LogP contribution is -2.62. The summed E-state index contributed by atoms with van der Waals surface area (Å²) in [5.74, 6) is 0.260. The van der Waals surface area contributed by atoms with E-state index in [1.54, 1.807) is 78.5 Å². The number of nitrogens with one attached hydrogen (secondary N) is 2.